The normalized spacial score (nSPS) is 11.4. The van der Waals surface area contributed by atoms with Crippen molar-refractivity contribution in [2.45, 2.75) is 60.4 Å². The molecule has 1 aromatic carbocycles. The monoisotopic (exact) mass is 538 g/mol. The van der Waals surface area contributed by atoms with Crippen molar-refractivity contribution in [3.63, 3.8) is 0 Å². The first-order valence-corrected chi connectivity index (χ1v) is 13.6. The van der Waals surface area contributed by atoms with E-state index >= 15 is 0 Å². The Hall–Kier alpha value is -3.23. The van der Waals surface area contributed by atoms with Crippen LogP contribution in [0.4, 0.5) is 0 Å². The number of nitrogens with one attached hydrogen (secondary N) is 1. The summed E-state index contributed by atoms with van der Waals surface area (Å²) in [5, 5.41) is 2.91. The molecule has 2 rings (SSSR count). The van der Waals surface area contributed by atoms with Gasteiger partial charge in [0.15, 0.2) is 5.78 Å². The van der Waals surface area contributed by atoms with Crippen molar-refractivity contribution in [1.82, 2.24) is 10.3 Å². The molecule has 8 heteroatoms. The Bertz CT molecular complexity index is 1060. The Morgan fingerprint density at radius 1 is 0.718 bits per heavy atom. The van der Waals surface area contributed by atoms with Crippen LogP contribution in [0.25, 0.3) is 11.3 Å². The van der Waals surface area contributed by atoms with Crippen LogP contribution in [-0.4, -0.2) is 60.7 Å². The minimum Gasteiger partial charge on any atom is -0.379 e. The molecule has 0 saturated carbocycles. The van der Waals surface area contributed by atoms with Gasteiger partial charge in [0.25, 0.3) is 5.91 Å². The molecule has 2 aromatic rings. The minimum absolute atomic E-state index is 0.0538. The molecule has 0 aliphatic carbocycles. The second-order valence-corrected chi connectivity index (χ2v) is 10.6. The number of pyridine rings is 1. The Labute approximate surface area is 231 Å². The summed E-state index contributed by atoms with van der Waals surface area (Å²) in [6, 6.07) is 10.2. The molecule has 1 amide bonds. The van der Waals surface area contributed by atoms with E-state index in [2.05, 4.69) is 10.3 Å². The van der Waals surface area contributed by atoms with Gasteiger partial charge in [0.2, 0.25) is 0 Å². The van der Waals surface area contributed by atoms with Crippen molar-refractivity contribution in [2.24, 2.45) is 17.8 Å². The second-order valence-electron chi connectivity index (χ2n) is 10.6. The number of carbonyl (C=O) groups is 4. The molecular weight excluding hydrogens is 496 g/mol. The van der Waals surface area contributed by atoms with Crippen LogP contribution in [0.2, 0.25) is 0 Å². The molecule has 0 atom stereocenters. The number of hydrogen-bond acceptors (Lipinski definition) is 7. The van der Waals surface area contributed by atoms with Crippen molar-refractivity contribution in [3.05, 3.63) is 53.7 Å². The van der Waals surface area contributed by atoms with E-state index in [1.807, 2.05) is 53.7 Å². The van der Waals surface area contributed by atoms with Gasteiger partial charge >= 0.3 is 0 Å². The molecular formula is C31H42N2O6. The van der Waals surface area contributed by atoms with Gasteiger partial charge in [0.1, 0.15) is 11.6 Å². The predicted octanol–water partition coefficient (Wildman–Crippen LogP) is 4.95. The highest BCUT2D eigenvalue weighted by molar-refractivity contribution is 5.98. The summed E-state index contributed by atoms with van der Waals surface area (Å²) in [6.07, 6.45) is 2.11. The molecule has 0 aliphatic rings. The molecule has 0 spiro atoms. The van der Waals surface area contributed by atoms with Gasteiger partial charge in [0.05, 0.1) is 43.7 Å². The first-order chi connectivity index (χ1) is 18.5. The van der Waals surface area contributed by atoms with E-state index < -0.39 is 6.04 Å². The lowest BCUT2D eigenvalue weighted by Crippen LogP contribution is -2.42. The van der Waals surface area contributed by atoms with Crippen LogP contribution in [0.3, 0.4) is 0 Å². The van der Waals surface area contributed by atoms with E-state index in [9.17, 15) is 19.2 Å². The molecule has 212 valence electrons. The molecule has 1 aromatic heterocycles. The Kier molecular flexibility index (Phi) is 13.1. The lowest BCUT2D eigenvalue weighted by atomic mass is 9.99. The average molecular weight is 539 g/mol. The number of rotatable bonds is 17. The summed E-state index contributed by atoms with van der Waals surface area (Å²) in [5.74, 6) is -0.194. The smallest absolute Gasteiger partial charge is 0.253 e. The number of ether oxygens (including phenoxy) is 2. The van der Waals surface area contributed by atoms with E-state index in [0.29, 0.717) is 29.7 Å². The third-order valence-electron chi connectivity index (χ3n) is 6.26. The SMILES string of the molecule is CC(C)C(=O)CCOCC(COCCC(=O)C(C)C)NC(=O)c1ccc(-c2ccc(C(=O)C(C)C)cc2)nc1. The molecule has 1 N–H and O–H groups in total. The number of aromatic nitrogens is 1. The maximum Gasteiger partial charge on any atom is 0.253 e. The number of carbonyl (C=O) groups excluding carboxylic acids is 4. The molecule has 8 nitrogen and oxygen atoms in total. The Balaban J connectivity index is 1.99. The van der Waals surface area contributed by atoms with Gasteiger partial charge in [-0.05, 0) is 12.1 Å². The summed E-state index contributed by atoms with van der Waals surface area (Å²) in [4.78, 5) is 53.2. The first-order valence-electron chi connectivity index (χ1n) is 13.6. The van der Waals surface area contributed by atoms with Crippen molar-refractivity contribution in [1.29, 1.82) is 0 Å². The van der Waals surface area contributed by atoms with E-state index in [4.69, 9.17) is 9.47 Å². The summed E-state index contributed by atoms with van der Waals surface area (Å²) in [7, 11) is 0. The average Bonchev–Trinajstić information content (AvgIpc) is 2.92. The second kappa shape index (κ2) is 16.0. The maximum absolute atomic E-state index is 12.9. The highest BCUT2D eigenvalue weighted by atomic mass is 16.5. The summed E-state index contributed by atoms with van der Waals surface area (Å²) < 4.78 is 11.3. The van der Waals surface area contributed by atoms with Crippen LogP contribution in [0.5, 0.6) is 0 Å². The lowest BCUT2D eigenvalue weighted by Gasteiger charge is -2.19. The number of Topliss-reactive ketones (excluding diaryl/α,β-unsaturated/α-hetero) is 3. The number of benzene rings is 1. The van der Waals surface area contributed by atoms with Crippen molar-refractivity contribution < 1.29 is 28.7 Å². The van der Waals surface area contributed by atoms with Crippen LogP contribution in [0.1, 0.15) is 75.1 Å². The Morgan fingerprint density at radius 3 is 1.67 bits per heavy atom. The largest absolute Gasteiger partial charge is 0.379 e. The van der Waals surface area contributed by atoms with Crippen LogP contribution < -0.4 is 5.32 Å². The molecule has 0 bridgehead atoms. The third-order valence-corrected chi connectivity index (χ3v) is 6.26. The number of nitrogens with zero attached hydrogens (tertiary/aromatic N) is 1. The van der Waals surface area contributed by atoms with Gasteiger partial charge in [0, 0.05) is 47.9 Å². The zero-order valence-electron chi connectivity index (χ0n) is 24.0. The van der Waals surface area contributed by atoms with E-state index in [-0.39, 0.29) is 67.4 Å². The van der Waals surface area contributed by atoms with E-state index in [1.54, 1.807) is 24.3 Å². The first kappa shape index (κ1) is 32.0. The van der Waals surface area contributed by atoms with Crippen LogP contribution in [0.15, 0.2) is 42.6 Å². The van der Waals surface area contributed by atoms with Gasteiger partial charge in [-0.25, -0.2) is 0 Å². The summed E-state index contributed by atoms with van der Waals surface area (Å²) in [5.41, 5.74) is 2.56. The molecule has 0 saturated heterocycles. The van der Waals surface area contributed by atoms with Crippen molar-refractivity contribution >= 4 is 23.3 Å². The van der Waals surface area contributed by atoms with Crippen LogP contribution >= 0.6 is 0 Å². The molecule has 39 heavy (non-hydrogen) atoms. The minimum atomic E-state index is -0.466. The van der Waals surface area contributed by atoms with Crippen molar-refractivity contribution in [3.8, 4) is 11.3 Å². The van der Waals surface area contributed by atoms with Gasteiger partial charge < -0.3 is 14.8 Å². The lowest BCUT2D eigenvalue weighted by molar-refractivity contribution is -0.123. The molecule has 0 aliphatic heterocycles. The summed E-state index contributed by atoms with van der Waals surface area (Å²) >= 11 is 0. The fourth-order valence-corrected chi connectivity index (χ4v) is 3.61. The fraction of sp³-hybridized carbons (Fsp3) is 0.516. The fourth-order valence-electron chi connectivity index (χ4n) is 3.61. The van der Waals surface area contributed by atoms with Gasteiger partial charge in [-0.1, -0.05) is 65.8 Å². The third kappa shape index (κ3) is 10.8. The highest BCUT2D eigenvalue weighted by Gasteiger charge is 2.17. The topological polar surface area (TPSA) is 112 Å². The maximum atomic E-state index is 12.9. The number of ketones is 3. The van der Waals surface area contributed by atoms with Crippen LogP contribution in [0, 0.1) is 17.8 Å². The predicted molar refractivity (Wildman–Crippen MR) is 151 cm³/mol. The summed E-state index contributed by atoms with van der Waals surface area (Å²) in [6.45, 7) is 12.0. The highest BCUT2D eigenvalue weighted by Crippen LogP contribution is 2.19. The quantitative estimate of drug-likeness (QED) is 0.224. The standard InChI is InChI=1S/C31H42N2O6/c1-20(2)28(34)13-15-38-18-26(19-39-16-14-29(35)21(3)4)33-31(37)25-11-12-27(32-17-25)23-7-9-24(10-8-23)30(36)22(5)6/h7-12,17,20-22,26H,13-16,18-19H2,1-6H3,(H,33,37). The molecule has 0 radical (unpaired) electrons. The van der Waals surface area contributed by atoms with Gasteiger partial charge in [-0.15, -0.1) is 0 Å². The molecule has 0 fully saturated rings. The van der Waals surface area contributed by atoms with Crippen molar-refractivity contribution in [2.75, 3.05) is 26.4 Å². The molecule has 0 unspecified atom stereocenters. The Morgan fingerprint density at radius 2 is 1.23 bits per heavy atom. The molecule has 1 heterocycles. The number of hydrogen-bond donors (Lipinski definition) is 1. The number of amides is 1. The van der Waals surface area contributed by atoms with E-state index in [0.717, 1.165) is 5.56 Å². The van der Waals surface area contributed by atoms with E-state index in [1.165, 1.54) is 6.20 Å². The zero-order chi connectivity index (χ0) is 28.9. The van der Waals surface area contributed by atoms with Crippen LogP contribution in [-0.2, 0) is 19.1 Å². The van der Waals surface area contributed by atoms with Gasteiger partial charge in [-0.2, -0.15) is 0 Å². The zero-order valence-corrected chi connectivity index (χ0v) is 24.0. The van der Waals surface area contributed by atoms with Gasteiger partial charge in [-0.3, -0.25) is 24.2 Å².